The Hall–Kier alpha value is -0.120. The van der Waals surface area contributed by atoms with Crippen LogP contribution in [0.25, 0.3) is 0 Å². The molecule has 0 amide bonds. The summed E-state index contributed by atoms with van der Waals surface area (Å²) in [5, 5.41) is 0. The summed E-state index contributed by atoms with van der Waals surface area (Å²) in [6.07, 6.45) is 6.46. The summed E-state index contributed by atoms with van der Waals surface area (Å²) in [7, 11) is 0. The van der Waals surface area contributed by atoms with Crippen molar-refractivity contribution in [1.29, 1.82) is 0 Å². The molecule has 3 nitrogen and oxygen atoms in total. The zero-order chi connectivity index (χ0) is 9.32. The minimum absolute atomic E-state index is 0.0249. The second-order valence-electron chi connectivity index (χ2n) is 6.10. The van der Waals surface area contributed by atoms with E-state index in [1.807, 2.05) is 0 Å². The highest BCUT2D eigenvalue weighted by molar-refractivity contribution is 5.20. The SMILES string of the molecule is NC12CC3CC(N)(C1)CC(N)(C3)C2. The Morgan fingerprint density at radius 2 is 1.00 bits per heavy atom. The smallest absolute Gasteiger partial charge is 0.0192 e. The van der Waals surface area contributed by atoms with E-state index in [4.69, 9.17) is 17.2 Å². The van der Waals surface area contributed by atoms with Crippen LogP contribution in [0.1, 0.15) is 38.5 Å². The van der Waals surface area contributed by atoms with Crippen molar-refractivity contribution in [2.24, 2.45) is 23.1 Å². The second-order valence-corrected chi connectivity index (χ2v) is 6.10. The fourth-order valence-corrected chi connectivity index (χ4v) is 4.67. The minimum Gasteiger partial charge on any atom is -0.325 e. The molecule has 0 saturated heterocycles. The molecule has 4 fully saturated rings. The van der Waals surface area contributed by atoms with Gasteiger partial charge in [-0.2, -0.15) is 0 Å². The van der Waals surface area contributed by atoms with Crippen LogP contribution in [0.15, 0.2) is 0 Å². The highest BCUT2D eigenvalue weighted by atomic mass is 15.0. The van der Waals surface area contributed by atoms with Crippen LogP contribution in [0.3, 0.4) is 0 Å². The Bertz CT molecular complexity index is 212. The third-order valence-electron chi connectivity index (χ3n) is 4.20. The van der Waals surface area contributed by atoms with Gasteiger partial charge in [-0.25, -0.2) is 0 Å². The van der Waals surface area contributed by atoms with Gasteiger partial charge >= 0.3 is 0 Å². The molecule has 74 valence electrons. The third kappa shape index (κ3) is 1.07. The summed E-state index contributed by atoms with van der Waals surface area (Å²) in [6, 6.07) is 0. The molecule has 3 heteroatoms. The number of hydrogen-bond acceptors (Lipinski definition) is 3. The predicted molar refractivity (Wildman–Crippen MR) is 51.9 cm³/mol. The number of nitrogens with two attached hydrogens (primary N) is 3. The quantitative estimate of drug-likeness (QED) is 0.495. The molecule has 4 aliphatic rings. The monoisotopic (exact) mass is 181 g/mol. The summed E-state index contributed by atoms with van der Waals surface area (Å²) in [5.41, 5.74) is 18.9. The van der Waals surface area contributed by atoms with Crippen molar-refractivity contribution in [3.05, 3.63) is 0 Å². The minimum atomic E-state index is -0.0249. The molecule has 4 saturated carbocycles. The van der Waals surface area contributed by atoms with Crippen LogP contribution in [-0.2, 0) is 0 Å². The molecule has 0 radical (unpaired) electrons. The lowest BCUT2D eigenvalue weighted by molar-refractivity contribution is -0.0335. The average Bonchev–Trinajstić information content (AvgIpc) is 1.71. The van der Waals surface area contributed by atoms with Gasteiger partial charge in [0.15, 0.2) is 0 Å². The number of hydrogen-bond donors (Lipinski definition) is 3. The molecule has 0 aliphatic heterocycles. The van der Waals surface area contributed by atoms with Crippen LogP contribution in [0, 0.1) is 5.92 Å². The van der Waals surface area contributed by atoms with Crippen molar-refractivity contribution in [3.8, 4) is 0 Å². The van der Waals surface area contributed by atoms with Crippen LogP contribution in [0.5, 0.6) is 0 Å². The van der Waals surface area contributed by atoms with Gasteiger partial charge in [-0.05, 0) is 44.4 Å². The van der Waals surface area contributed by atoms with Crippen molar-refractivity contribution in [2.45, 2.75) is 55.1 Å². The maximum absolute atomic E-state index is 6.33. The summed E-state index contributed by atoms with van der Waals surface area (Å²) >= 11 is 0. The van der Waals surface area contributed by atoms with Crippen molar-refractivity contribution in [3.63, 3.8) is 0 Å². The van der Waals surface area contributed by atoms with Gasteiger partial charge in [-0.3, -0.25) is 0 Å². The Morgan fingerprint density at radius 1 is 0.692 bits per heavy atom. The molecule has 4 aliphatic carbocycles. The van der Waals surface area contributed by atoms with Gasteiger partial charge in [0.1, 0.15) is 0 Å². The molecular weight excluding hydrogens is 162 g/mol. The van der Waals surface area contributed by atoms with Gasteiger partial charge in [-0.15, -0.1) is 0 Å². The van der Waals surface area contributed by atoms with Crippen molar-refractivity contribution in [1.82, 2.24) is 0 Å². The van der Waals surface area contributed by atoms with Gasteiger partial charge in [0.25, 0.3) is 0 Å². The summed E-state index contributed by atoms with van der Waals surface area (Å²) in [5.74, 6) is 0.705. The first-order valence-electron chi connectivity index (χ1n) is 5.27. The molecule has 0 heterocycles. The first kappa shape index (κ1) is 8.21. The number of rotatable bonds is 0. The molecule has 0 aromatic carbocycles. The molecule has 0 spiro atoms. The van der Waals surface area contributed by atoms with Crippen molar-refractivity contribution < 1.29 is 0 Å². The molecule has 13 heavy (non-hydrogen) atoms. The lowest BCUT2D eigenvalue weighted by atomic mass is 9.48. The third-order valence-corrected chi connectivity index (χ3v) is 4.20. The van der Waals surface area contributed by atoms with Crippen molar-refractivity contribution in [2.75, 3.05) is 0 Å². The molecule has 0 aromatic heterocycles. The van der Waals surface area contributed by atoms with E-state index in [1.54, 1.807) is 0 Å². The predicted octanol–water partition coefficient (Wildman–Crippen LogP) is 0.0765. The zero-order valence-electron chi connectivity index (χ0n) is 8.05. The van der Waals surface area contributed by atoms with E-state index >= 15 is 0 Å². The lowest BCUT2D eigenvalue weighted by Crippen LogP contribution is -2.73. The fraction of sp³-hybridized carbons (Fsp3) is 1.00. The maximum atomic E-state index is 6.33. The van der Waals surface area contributed by atoms with Gasteiger partial charge in [0, 0.05) is 16.6 Å². The van der Waals surface area contributed by atoms with Crippen LogP contribution in [0.4, 0.5) is 0 Å². The summed E-state index contributed by atoms with van der Waals surface area (Å²) in [4.78, 5) is 0. The van der Waals surface area contributed by atoms with E-state index in [9.17, 15) is 0 Å². The molecule has 4 bridgehead atoms. The second kappa shape index (κ2) is 1.95. The molecule has 0 aromatic rings. The van der Waals surface area contributed by atoms with Crippen molar-refractivity contribution >= 4 is 0 Å². The Morgan fingerprint density at radius 3 is 1.23 bits per heavy atom. The first-order chi connectivity index (χ1) is 5.91. The van der Waals surface area contributed by atoms with E-state index in [0.29, 0.717) is 5.92 Å². The van der Waals surface area contributed by atoms with Crippen LogP contribution < -0.4 is 17.2 Å². The van der Waals surface area contributed by atoms with Gasteiger partial charge in [-0.1, -0.05) is 0 Å². The standard InChI is InChI=1S/C10H19N3/c11-8-1-7-2-9(12,4-8)6-10(13,3-7)5-8/h7H,1-6,11-13H2. The first-order valence-corrected chi connectivity index (χ1v) is 5.27. The lowest BCUT2D eigenvalue weighted by Gasteiger charge is -2.63. The van der Waals surface area contributed by atoms with E-state index in [2.05, 4.69) is 0 Å². The van der Waals surface area contributed by atoms with E-state index in [1.165, 1.54) is 0 Å². The Labute approximate surface area is 79.0 Å². The fourth-order valence-electron chi connectivity index (χ4n) is 4.67. The van der Waals surface area contributed by atoms with E-state index in [-0.39, 0.29) is 16.6 Å². The summed E-state index contributed by atoms with van der Waals surface area (Å²) < 4.78 is 0. The van der Waals surface area contributed by atoms with Crippen LogP contribution in [0.2, 0.25) is 0 Å². The molecular formula is C10H19N3. The molecule has 4 rings (SSSR count). The largest absolute Gasteiger partial charge is 0.325 e. The topological polar surface area (TPSA) is 78.1 Å². The van der Waals surface area contributed by atoms with Gasteiger partial charge < -0.3 is 17.2 Å². The van der Waals surface area contributed by atoms with Gasteiger partial charge in [0.05, 0.1) is 0 Å². The zero-order valence-corrected chi connectivity index (χ0v) is 8.05. The van der Waals surface area contributed by atoms with Gasteiger partial charge in [0.2, 0.25) is 0 Å². The van der Waals surface area contributed by atoms with E-state index < -0.39 is 0 Å². The van der Waals surface area contributed by atoms with E-state index in [0.717, 1.165) is 38.5 Å². The molecule has 6 N–H and O–H groups in total. The Kier molecular flexibility index (Phi) is 1.23. The normalized spacial score (nSPS) is 64.4. The van der Waals surface area contributed by atoms with Crippen LogP contribution in [-0.4, -0.2) is 16.6 Å². The highest BCUT2D eigenvalue weighted by Gasteiger charge is 2.59. The van der Waals surface area contributed by atoms with Crippen LogP contribution >= 0.6 is 0 Å². The molecule has 0 atom stereocenters. The maximum Gasteiger partial charge on any atom is 0.0192 e. The Balaban J connectivity index is 2.03. The highest BCUT2D eigenvalue weighted by Crippen LogP contribution is 2.56. The molecule has 0 unspecified atom stereocenters. The summed E-state index contributed by atoms with van der Waals surface area (Å²) in [6.45, 7) is 0. The average molecular weight is 181 g/mol.